The third kappa shape index (κ3) is 3.48. The molecule has 0 bridgehead atoms. The van der Waals surface area contributed by atoms with Gasteiger partial charge in [-0.05, 0) is 17.7 Å². The van der Waals surface area contributed by atoms with Gasteiger partial charge in [0.05, 0.1) is 12.5 Å². The van der Waals surface area contributed by atoms with Gasteiger partial charge in [0, 0.05) is 22.8 Å². The van der Waals surface area contributed by atoms with Crippen LogP contribution >= 0.6 is 27.5 Å². The first kappa shape index (κ1) is 14.3. The Bertz CT molecular complexity index is 508. The molecule has 2 unspecified atom stereocenters. The number of carboxylic acids is 1. The predicted molar refractivity (Wildman–Crippen MR) is 75.5 cm³/mol. The number of alkyl halides is 1. The number of hydrogen-bond donors (Lipinski definition) is 1. The van der Waals surface area contributed by atoms with Gasteiger partial charge in [-0.3, -0.25) is 9.59 Å². The number of rotatable bonds is 4. The summed E-state index contributed by atoms with van der Waals surface area (Å²) in [6, 6.07) is 6.53. The average molecular weight is 347 g/mol. The first-order valence-corrected chi connectivity index (χ1v) is 7.17. The van der Waals surface area contributed by atoms with Crippen molar-refractivity contribution in [1.29, 1.82) is 0 Å². The van der Waals surface area contributed by atoms with Crippen molar-refractivity contribution < 1.29 is 14.7 Å². The fraction of sp³-hybridized carbons (Fsp3) is 0.385. The lowest BCUT2D eigenvalue weighted by molar-refractivity contribution is -0.139. The molecule has 1 aromatic carbocycles. The molecule has 0 aromatic heterocycles. The number of aliphatic carboxylic acids is 1. The topological polar surface area (TPSA) is 57.6 Å². The van der Waals surface area contributed by atoms with E-state index in [1.165, 1.54) is 0 Å². The second kappa shape index (κ2) is 5.92. The zero-order valence-corrected chi connectivity index (χ0v) is 12.4. The van der Waals surface area contributed by atoms with Crippen LogP contribution in [-0.4, -0.2) is 33.3 Å². The predicted octanol–water partition coefficient (Wildman–Crippen LogP) is 2.85. The lowest BCUT2D eigenvalue weighted by Crippen LogP contribution is -2.32. The van der Waals surface area contributed by atoms with Gasteiger partial charge in [0.2, 0.25) is 5.91 Å². The van der Waals surface area contributed by atoms with Gasteiger partial charge in [-0.15, -0.1) is 0 Å². The van der Waals surface area contributed by atoms with Gasteiger partial charge in [-0.25, -0.2) is 0 Å². The van der Waals surface area contributed by atoms with E-state index < -0.39 is 12.0 Å². The highest BCUT2D eigenvalue weighted by Crippen LogP contribution is 2.32. The largest absolute Gasteiger partial charge is 0.481 e. The molecule has 0 saturated carbocycles. The molecule has 19 heavy (non-hydrogen) atoms. The smallest absolute Gasteiger partial charge is 0.305 e. The Kier molecular flexibility index (Phi) is 4.47. The molecule has 2 atom stereocenters. The zero-order valence-electron chi connectivity index (χ0n) is 10.1. The standard InChI is InChI=1S/C13H13BrClNO3/c14-9-5-12(17)16(7-9)11(6-13(18)19)8-2-1-3-10(15)4-8/h1-4,9,11H,5-7H2,(H,18,19). The highest BCUT2D eigenvalue weighted by Gasteiger charge is 2.34. The fourth-order valence-electron chi connectivity index (χ4n) is 2.27. The summed E-state index contributed by atoms with van der Waals surface area (Å²) in [4.78, 5) is 24.7. The highest BCUT2D eigenvalue weighted by atomic mass is 79.9. The molecular formula is C13H13BrClNO3. The summed E-state index contributed by atoms with van der Waals surface area (Å²) >= 11 is 9.34. The Balaban J connectivity index is 2.30. The molecule has 1 amide bonds. The van der Waals surface area contributed by atoms with E-state index >= 15 is 0 Å². The van der Waals surface area contributed by atoms with E-state index in [4.69, 9.17) is 16.7 Å². The van der Waals surface area contributed by atoms with Crippen LogP contribution in [0.15, 0.2) is 24.3 Å². The highest BCUT2D eigenvalue weighted by molar-refractivity contribution is 9.09. The first-order chi connectivity index (χ1) is 8.97. The summed E-state index contributed by atoms with van der Waals surface area (Å²) in [5.74, 6) is -0.969. The van der Waals surface area contributed by atoms with E-state index in [0.717, 1.165) is 5.56 Å². The summed E-state index contributed by atoms with van der Waals surface area (Å²) < 4.78 is 0. The van der Waals surface area contributed by atoms with Gasteiger partial charge < -0.3 is 10.0 Å². The Labute approximate surface area is 124 Å². The number of amides is 1. The third-order valence-electron chi connectivity index (χ3n) is 3.09. The van der Waals surface area contributed by atoms with Gasteiger partial charge in [0.15, 0.2) is 0 Å². The van der Waals surface area contributed by atoms with E-state index in [0.29, 0.717) is 18.0 Å². The molecule has 1 aliphatic heterocycles. The molecular weight excluding hydrogens is 334 g/mol. The maximum atomic E-state index is 11.9. The van der Waals surface area contributed by atoms with E-state index in [9.17, 15) is 9.59 Å². The van der Waals surface area contributed by atoms with Crippen LogP contribution < -0.4 is 0 Å². The zero-order chi connectivity index (χ0) is 14.0. The maximum absolute atomic E-state index is 11.9. The first-order valence-electron chi connectivity index (χ1n) is 5.88. The summed E-state index contributed by atoms with van der Waals surface area (Å²) in [7, 11) is 0. The Hall–Kier alpha value is -1.07. The van der Waals surface area contributed by atoms with E-state index in [2.05, 4.69) is 15.9 Å². The SMILES string of the molecule is O=C(O)CC(c1cccc(Cl)c1)N1CC(Br)CC1=O. The average Bonchev–Trinajstić information content (AvgIpc) is 2.65. The lowest BCUT2D eigenvalue weighted by atomic mass is 10.0. The van der Waals surface area contributed by atoms with Crippen molar-refractivity contribution in [2.45, 2.75) is 23.7 Å². The normalized spacial score (nSPS) is 20.6. The molecule has 0 radical (unpaired) electrons. The van der Waals surface area contributed by atoms with Crippen LogP contribution in [-0.2, 0) is 9.59 Å². The van der Waals surface area contributed by atoms with Crippen molar-refractivity contribution in [3.63, 3.8) is 0 Å². The maximum Gasteiger partial charge on any atom is 0.305 e. The number of likely N-dealkylation sites (tertiary alicyclic amines) is 1. The van der Waals surface area contributed by atoms with Crippen LogP contribution in [0.25, 0.3) is 0 Å². The number of carbonyl (C=O) groups is 2. The van der Waals surface area contributed by atoms with E-state index in [1.54, 1.807) is 29.2 Å². The third-order valence-corrected chi connectivity index (χ3v) is 3.94. The molecule has 0 spiro atoms. The van der Waals surface area contributed by atoms with Crippen molar-refractivity contribution in [1.82, 2.24) is 4.90 Å². The van der Waals surface area contributed by atoms with Gasteiger partial charge in [0.1, 0.15) is 0 Å². The Morgan fingerprint density at radius 2 is 2.32 bits per heavy atom. The summed E-state index contributed by atoms with van der Waals surface area (Å²) in [5, 5.41) is 9.58. The lowest BCUT2D eigenvalue weighted by Gasteiger charge is -2.27. The molecule has 6 heteroatoms. The quantitative estimate of drug-likeness (QED) is 0.853. The minimum Gasteiger partial charge on any atom is -0.481 e. The van der Waals surface area contributed by atoms with Crippen LogP contribution in [0, 0.1) is 0 Å². The van der Waals surface area contributed by atoms with Gasteiger partial charge in [0.25, 0.3) is 0 Å². The van der Waals surface area contributed by atoms with Gasteiger partial charge in [-0.1, -0.05) is 39.7 Å². The molecule has 4 nitrogen and oxygen atoms in total. The minimum absolute atomic E-state index is 0.0342. The second-order valence-electron chi connectivity index (χ2n) is 4.52. The van der Waals surface area contributed by atoms with Crippen LogP contribution in [0.5, 0.6) is 0 Å². The molecule has 1 N–H and O–H groups in total. The van der Waals surface area contributed by atoms with Crippen molar-refractivity contribution >= 4 is 39.4 Å². The van der Waals surface area contributed by atoms with Crippen LogP contribution in [0.1, 0.15) is 24.4 Å². The summed E-state index contributed by atoms with van der Waals surface area (Å²) in [6.45, 7) is 0.517. The van der Waals surface area contributed by atoms with Gasteiger partial charge >= 0.3 is 5.97 Å². The summed E-state index contributed by atoms with van der Waals surface area (Å²) in [6.07, 6.45) is 0.280. The number of nitrogens with zero attached hydrogens (tertiary/aromatic N) is 1. The molecule has 1 heterocycles. The number of carbonyl (C=O) groups excluding carboxylic acids is 1. The number of carboxylic acid groups (broad SMARTS) is 1. The van der Waals surface area contributed by atoms with Crippen molar-refractivity contribution in [2.75, 3.05) is 6.54 Å². The summed E-state index contributed by atoms with van der Waals surface area (Å²) in [5.41, 5.74) is 0.754. The fourth-order valence-corrected chi connectivity index (χ4v) is 3.06. The number of hydrogen-bond acceptors (Lipinski definition) is 2. The molecule has 1 aliphatic rings. The van der Waals surface area contributed by atoms with E-state index in [-0.39, 0.29) is 17.2 Å². The molecule has 2 rings (SSSR count). The van der Waals surface area contributed by atoms with Crippen molar-refractivity contribution in [2.24, 2.45) is 0 Å². The van der Waals surface area contributed by atoms with Crippen molar-refractivity contribution in [3.05, 3.63) is 34.9 Å². The number of benzene rings is 1. The van der Waals surface area contributed by atoms with E-state index in [1.807, 2.05) is 0 Å². The second-order valence-corrected chi connectivity index (χ2v) is 6.25. The monoisotopic (exact) mass is 345 g/mol. The Morgan fingerprint density at radius 3 is 2.84 bits per heavy atom. The molecule has 1 aromatic rings. The molecule has 1 saturated heterocycles. The van der Waals surface area contributed by atoms with Crippen molar-refractivity contribution in [3.8, 4) is 0 Å². The van der Waals surface area contributed by atoms with Crippen LogP contribution in [0.2, 0.25) is 5.02 Å². The van der Waals surface area contributed by atoms with Gasteiger partial charge in [-0.2, -0.15) is 0 Å². The molecule has 102 valence electrons. The van der Waals surface area contributed by atoms with Crippen LogP contribution in [0.4, 0.5) is 0 Å². The van der Waals surface area contributed by atoms with Crippen LogP contribution in [0.3, 0.4) is 0 Å². The Morgan fingerprint density at radius 1 is 1.58 bits per heavy atom. The number of halogens is 2. The molecule has 1 fully saturated rings. The molecule has 0 aliphatic carbocycles. The minimum atomic E-state index is -0.934.